The van der Waals surface area contributed by atoms with E-state index in [2.05, 4.69) is 15.4 Å². The smallest absolute Gasteiger partial charge is 0.254 e. The van der Waals surface area contributed by atoms with Gasteiger partial charge in [-0.05, 0) is 5.56 Å². The Balaban J connectivity index is 1.72. The molecule has 1 saturated heterocycles. The topological polar surface area (TPSA) is 44.7 Å². The van der Waals surface area contributed by atoms with Crippen LogP contribution in [0, 0.1) is 0 Å². The number of nitrogens with one attached hydrogen (secondary N) is 1. The summed E-state index contributed by atoms with van der Waals surface area (Å²) in [6.45, 7) is 2.41. The van der Waals surface area contributed by atoms with Crippen molar-refractivity contribution in [3.63, 3.8) is 0 Å². The molecule has 0 spiro atoms. The van der Waals surface area contributed by atoms with E-state index in [0.717, 1.165) is 30.2 Å². The molecule has 1 heterocycles. The normalized spacial score (nSPS) is 16.9. The first kappa shape index (κ1) is 13.1. The molecular weight excluding hydrogens is 246 g/mol. The van der Waals surface area contributed by atoms with Crippen molar-refractivity contribution in [2.45, 2.75) is 0 Å². The van der Waals surface area contributed by atoms with Crippen LogP contribution in [0.1, 0.15) is 5.56 Å². The molecule has 1 aromatic rings. The molecule has 0 radical (unpaired) electrons. The molecule has 1 amide bonds. The Morgan fingerprint density at radius 3 is 2.78 bits per heavy atom. The zero-order valence-electron chi connectivity index (χ0n) is 10.2. The average Bonchev–Trinajstić information content (AvgIpc) is 2.41. The van der Waals surface area contributed by atoms with Crippen LogP contribution in [0.5, 0.6) is 0 Å². The molecule has 1 aliphatic rings. The number of carbonyl (C=O) groups is 1. The van der Waals surface area contributed by atoms with Crippen molar-refractivity contribution < 1.29 is 4.79 Å². The largest absolute Gasteiger partial charge is 0.293 e. The van der Waals surface area contributed by atoms with E-state index in [1.807, 2.05) is 42.1 Å². The molecule has 96 valence electrons. The van der Waals surface area contributed by atoms with Gasteiger partial charge in [-0.25, -0.2) is 5.43 Å². The summed E-state index contributed by atoms with van der Waals surface area (Å²) in [5.74, 6) is 2.18. The molecule has 0 atom stereocenters. The molecule has 0 aromatic heterocycles. The molecule has 0 bridgehead atoms. The first-order chi connectivity index (χ1) is 8.84. The van der Waals surface area contributed by atoms with Crippen LogP contribution in [0.15, 0.2) is 35.4 Å². The highest BCUT2D eigenvalue weighted by Gasteiger charge is 2.13. The molecule has 1 N–H and O–H groups in total. The fourth-order valence-corrected chi connectivity index (χ4v) is 2.69. The van der Waals surface area contributed by atoms with Crippen LogP contribution in [0.2, 0.25) is 0 Å². The van der Waals surface area contributed by atoms with Gasteiger partial charge >= 0.3 is 0 Å². The number of thioether (sulfide) groups is 1. The Morgan fingerprint density at radius 2 is 2.06 bits per heavy atom. The number of benzene rings is 1. The predicted octanol–water partition coefficient (Wildman–Crippen LogP) is 1.19. The van der Waals surface area contributed by atoms with Gasteiger partial charge < -0.3 is 0 Å². The Bertz CT molecular complexity index is 402. The lowest BCUT2D eigenvalue weighted by Gasteiger charge is -2.24. The Labute approximate surface area is 111 Å². The second-order valence-corrected chi connectivity index (χ2v) is 5.32. The quantitative estimate of drug-likeness (QED) is 0.655. The van der Waals surface area contributed by atoms with Crippen LogP contribution in [-0.4, -0.2) is 48.2 Å². The lowest BCUT2D eigenvalue weighted by Crippen LogP contribution is -2.40. The summed E-state index contributed by atoms with van der Waals surface area (Å²) in [4.78, 5) is 13.8. The van der Waals surface area contributed by atoms with E-state index in [1.54, 1.807) is 6.21 Å². The van der Waals surface area contributed by atoms with E-state index in [4.69, 9.17) is 0 Å². The van der Waals surface area contributed by atoms with Gasteiger partial charge in [0.15, 0.2) is 0 Å². The van der Waals surface area contributed by atoms with Crippen LogP contribution in [0.25, 0.3) is 0 Å². The van der Waals surface area contributed by atoms with Crippen molar-refractivity contribution in [3.8, 4) is 0 Å². The predicted molar refractivity (Wildman–Crippen MR) is 75.9 cm³/mol. The SMILES string of the molecule is O=C(CN1CCSCC1)N/N=C\c1ccccc1. The molecule has 4 nitrogen and oxygen atoms in total. The highest BCUT2D eigenvalue weighted by atomic mass is 32.2. The van der Waals surface area contributed by atoms with Crippen molar-refractivity contribution >= 4 is 23.9 Å². The van der Waals surface area contributed by atoms with Crippen molar-refractivity contribution in [1.82, 2.24) is 10.3 Å². The maximum atomic E-state index is 11.6. The standard InChI is InChI=1S/C13H17N3OS/c17-13(11-16-6-8-18-9-7-16)15-14-10-12-4-2-1-3-5-12/h1-5,10H,6-9,11H2,(H,15,17)/b14-10-. The maximum absolute atomic E-state index is 11.6. The number of nitrogens with zero attached hydrogens (tertiary/aromatic N) is 2. The van der Waals surface area contributed by atoms with Crippen molar-refractivity contribution in [2.75, 3.05) is 31.1 Å². The van der Waals surface area contributed by atoms with Gasteiger partial charge in [0.1, 0.15) is 0 Å². The Morgan fingerprint density at radius 1 is 1.33 bits per heavy atom. The second kappa shape index (κ2) is 7.18. The molecule has 0 aliphatic carbocycles. The van der Waals surface area contributed by atoms with Crippen molar-refractivity contribution in [3.05, 3.63) is 35.9 Å². The highest BCUT2D eigenvalue weighted by Crippen LogP contribution is 2.08. The van der Waals surface area contributed by atoms with E-state index < -0.39 is 0 Å². The number of hydrogen-bond acceptors (Lipinski definition) is 4. The maximum Gasteiger partial charge on any atom is 0.254 e. The molecule has 0 unspecified atom stereocenters. The molecule has 0 saturated carbocycles. The first-order valence-corrected chi connectivity index (χ1v) is 7.17. The number of hydrogen-bond donors (Lipinski definition) is 1. The minimum absolute atomic E-state index is 0.0471. The summed E-state index contributed by atoms with van der Waals surface area (Å²) in [5.41, 5.74) is 3.54. The summed E-state index contributed by atoms with van der Waals surface area (Å²) < 4.78 is 0. The Hall–Kier alpha value is -1.33. The summed E-state index contributed by atoms with van der Waals surface area (Å²) >= 11 is 1.94. The molecule has 1 aliphatic heterocycles. The number of hydrazone groups is 1. The van der Waals surface area contributed by atoms with Gasteiger partial charge in [0.2, 0.25) is 0 Å². The number of carbonyl (C=O) groups excluding carboxylic acids is 1. The number of rotatable bonds is 4. The van der Waals surface area contributed by atoms with E-state index >= 15 is 0 Å². The summed E-state index contributed by atoms with van der Waals surface area (Å²) in [7, 11) is 0. The van der Waals surface area contributed by atoms with Crippen molar-refractivity contribution in [2.24, 2.45) is 5.10 Å². The lowest BCUT2D eigenvalue weighted by atomic mass is 10.2. The zero-order valence-corrected chi connectivity index (χ0v) is 11.0. The molecule has 1 aromatic carbocycles. The van der Waals surface area contributed by atoms with Crippen molar-refractivity contribution in [1.29, 1.82) is 0 Å². The van der Waals surface area contributed by atoms with Gasteiger partial charge in [0.25, 0.3) is 5.91 Å². The molecule has 1 fully saturated rings. The minimum atomic E-state index is -0.0471. The summed E-state index contributed by atoms with van der Waals surface area (Å²) in [5, 5.41) is 3.95. The monoisotopic (exact) mass is 263 g/mol. The molecular formula is C13H17N3OS. The third-order valence-electron chi connectivity index (χ3n) is 2.67. The van der Waals surface area contributed by atoms with Crippen LogP contribution in [0.3, 0.4) is 0 Å². The Kier molecular flexibility index (Phi) is 5.23. The van der Waals surface area contributed by atoms with Crippen LogP contribution < -0.4 is 5.43 Å². The van der Waals surface area contributed by atoms with Gasteiger partial charge in [-0.1, -0.05) is 30.3 Å². The van der Waals surface area contributed by atoms with E-state index in [0.29, 0.717) is 6.54 Å². The highest BCUT2D eigenvalue weighted by molar-refractivity contribution is 7.99. The lowest BCUT2D eigenvalue weighted by molar-refractivity contribution is -0.122. The van der Waals surface area contributed by atoms with Gasteiger partial charge in [-0.3, -0.25) is 9.69 Å². The molecule has 5 heteroatoms. The van der Waals surface area contributed by atoms with Gasteiger partial charge in [-0.15, -0.1) is 0 Å². The van der Waals surface area contributed by atoms with Crippen LogP contribution >= 0.6 is 11.8 Å². The van der Waals surface area contributed by atoms with Crippen LogP contribution in [0.4, 0.5) is 0 Å². The van der Waals surface area contributed by atoms with Crippen LogP contribution in [-0.2, 0) is 4.79 Å². The van der Waals surface area contributed by atoms with E-state index in [9.17, 15) is 4.79 Å². The molecule has 18 heavy (non-hydrogen) atoms. The third kappa shape index (κ3) is 4.50. The van der Waals surface area contributed by atoms with E-state index in [1.165, 1.54) is 0 Å². The average molecular weight is 263 g/mol. The first-order valence-electron chi connectivity index (χ1n) is 6.01. The van der Waals surface area contributed by atoms with E-state index in [-0.39, 0.29) is 5.91 Å². The zero-order chi connectivity index (χ0) is 12.6. The molecule has 2 rings (SSSR count). The van der Waals surface area contributed by atoms with Gasteiger partial charge in [0, 0.05) is 24.6 Å². The fraction of sp³-hybridized carbons (Fsp3) is 0.385. The van der Waals surface area contributed by atoms with Gasteiger partial charge in [-0.2, -0.15) is 16.9 Å². The van der Waals surface area contributed by atoms with Gasteiger partial charge in [0.05, 0.1) is 12.8 Å². The third-order valence-corrected chi connectivity index (χ3v) is 3.62. The minimum Gasteiger partial charge on any atom is -0.293 e. The fourth-order valence-electron chi connectivity index (χ4n) is 1.72. The second-order valence-electron chi connectivity index (χ2n) is 4.09. The summed E-state index contributed by atoms with van der Waals surface area (Å²) in [6.07, 6.45) is 1.66. The number of amides is 1. The summed E-state index contributed by atoms with van der Waals surface area (Å²) in [6, 6.07) is 9.71.